The van der Waals surface area contributed by atoms with E-state index in [4.69, 9.17) is 11.7 Å². The molecule has 0 saturated carbocycles. The quantitative estimate of drug-likeness (QED) is 0.738. The van der Waals surface area contributed by atoms with Crippen LogP contribution in [0, 0.1) is 18.2 Å². The Morgan fingerprint density at radius 2 is 1.93 bits per heavy atom. The van der Waals surface area contributed by atoms with Gasteiger partial charge in [0.1, 0.15) is 11.6 Å². The summed E-state index contributed by atoms with van der Waals surface area (Å²) in [5.41, 5.74) is -0.709. The van der Waals surface area contributed by atoms with Crippen molar-refractivity contribution in [2.45, 2.75) is 6.42 Å². The maximum Gasteiger partial charge on any atom is 0.307 e. The van der Waals surface area contributed by atoms with Crippen LogP contribution in [0.4, 0.5) is 14.5 Å². The molecule has 1 aromatic rings. The van der Waals surface area contributed by atoms with Crippen molar-refractivity contribution in [1.82, 2.24) is 0 Å². The van der Waals surface area contributed by atoms with E-state index in [0.717, 1.165) is 12.1 Å². The van der Waals surface area contributed by atoms with Crippen molar-refractivity contribution in [3.63, 3.8) is 0 Å². The van der Waals surface area contributed by atoms with Crippen LogP contribution in [0.3, 0.4) is 0 Å². The molecule has 1 N–H and O–H groups in total. The van der Waals surface area contributed by atoms with Crippen LogP contribution < -0.4 is 0 Å². The number of rotatable bonds is 2. The smallest absolute Gasteiger partial charge is 0.307 e. The highest BCUT2D eigenvalue weighted by Gasteiger charge is 2.12. The molecule has 0 aliphatic carbocycles. The molecule has 0 saturated heterocycles. The molecule has 0 bridgehead atoms. The van der Waals surface area contributed by atoms with Crippen molar-refractivity contribution in [1.29, 1.82) is 0 Å². The monoisotopic (exact) mass is 197 g/mol. The molecule has 0 radical (unpaired) electrons. The topological polar surface area (TPSA) is 41.7 Å². The fourth-order valence-corrected chi connectivity index (χ4v) is 1.00. The molecule has 14 heavy (non-hydrogen) atoms. The van der Waals surface area contributed by atoms with Crippen molar-refractivity contribution in [2.24, 2.45) is 0 Å². The van der Waals surface area contributed by atoms with E-state index < -0.39 is 29.7 Å². The second-order valence-electron chi connectivity index (χ2n) is 2.59. The van der Waals surface area contributed by atoms with E-state index in [1.165, 1.54) is 0 Å². The Balaban J connectivity index is 3.15. The Kier molecular flexibility index (Phi) is 2.77. The van der Waals surface area contributed by atoms with Crippen LogP contribution in [0.25, 0.3) is 4.85 Å². The van der Waals surface area contributed by atoms with Gasteiger partial charge in [-0.3, -0.25) is 4.79 Å². The molecule has 0 aromatic heterocycles. The fraction of sp³-hybridized carbons (Fsp3) is 0.111. The van der Waals surface area contributed by atoms with E-state index >= 15 is 0 Å². The number of carboxylic acids is 1. The van der Waals surface area contributed by atoms with Crippen molar-refractivity contribution >= 4 is 11.7 Å². The van der Waals surface area contributed by atoms with Gasteiger partial charge in [-0.15, -0.1) is 0 Å². The number of halogens is 2. The lowest BCUT2D eigenvalue weighted by Gasteiger charge is -2.00. The maximum atomic E-state index is 12.9. The Bertz CT molecular complexity index is 400. The lowest BCUT2D eigenvalue weighted by molar-refractivity contribution is -0.136. The molecule has 0 spiro atoms. The highest BCUT2D eigenvalue weighted by molar-refractivity contribution is 5.70. The highest BCUT2D eigenvalue weighted by atomic mass is 19.1. The summed E-state index contributed by atoms with van der Waals surface area (Å²) in [5.74, 6) is -3.24. The van der Waals surface area contributed by atoms with E-state index in [-0.39, 0.29) is 5.56 Å². The molecule has 0 aliphatic rings. The third-order valence-electron chi connectivity index (χ3n) is 1.54. The van der Waals surface area contributed by atoms with Crippen LogP contribution in [0.2, 0.25) is 0 Å². The molecule has 5 heteroatoms. The Labute approximate surface area is 78.4 Å². The molecule has 1 aromatic carbocycles. The lowest BCUT2D eigenvalue weighted by atomic mass is 10.1. The molecule has 0 aliphatic heterocycles. The lowest BCUT2D eigenvalue weighted by Crippen LogP contribution is -2.01. The zero-order valence-electron chi connectivity index (χ0n) is 6.92. The molecule has 0 fully saturated rings. The van der Waals surface area contributed by atoms with E-state index in [1.807, 2.05) is 0 Å². The standard InChI is InChI=1S/C9H5F2NO2/c1-12-9-6(10)2-5(3-7(9)11)4-8(13)14/h2-3H,4H2,(H,13,14). The van der Waals surface area contributed by atoms with Crippen molar-refractivity contribution in [3.8, 4) is 0 Å². The Hall–Kier alpha value is -1.96. The van der Waals surface area contributed by atoms with Gasteiger partial charge in [-0.1, -0.05) is 0 Å². The zero-order chi connectivity index (χ0) is 10.7. The minimum Gasteiger partial charge on any atom is -0.481 e. The first kappa shape index (κ1) is 10.1. The number of hydrogen-bond acceptors (Lipinski definition) is 1. The number of carbonyl (C=O) groups is 1. The van der Waals surface area contributed by atoms with Gasteiger partial charge >= 0.3 is 5.97 Å². The Morgan fingerprint density at radius 3 is 2.29 bits per heavy atom. The summed E-state index contributed by atoms with van der Waals surface area (Å²) >= 11 is 0. The molecule has 0 atom stereocenters. The molecule has 1 rings (SSSR count). The van der Waals surface area contributed by atoms with Gasteiger partial charge in [-0.25, -0.2) is 13.6 Å². The SMILES string of the molecule is [C-]#[N+]c1c(F)cc(CC(=O)O)cc1F. The van der Waals surface area contributed by atoms with Crippen molar-refractivity contribution in [3.05, 3.63) is 40.7 Å². The zero-order valence-corrected chi connectivity index (χ0v) is 6.92. The van der Waals surface area contributed by atoms with E-state index in [0.29, 0.717) is 0 Å². The maximum absolute atomic E-state index is 12.9. The third kappa shape index (κ3) is 2.04. The largest absolute Gasteiger partial charge is 0.481 e. The van der Waals surface area contributed by atoms with Gasteiger partial charge in [-0.2, -0.15) is 0 Å². The number of benzene rings is 1. The summed E-state index contributed by atoms with van der Waals surface area (Å²) in [5, 5.41) is 8.37. The second-order valence-corrected chi connectivity index (χ2v) is 2.59. The van der Waals surface area contributed by atoms with Gasteiger partial charge in [-0.05, 0) is 17.7 Å². The Morgan fingerprint density at radius 1 is 1.43 bits per heavy atom. The molecule has 3 nitrogen and oxygen atoms in total. The summed E-state index contributed by atoms with van der Waals surface area (Å²) < 4.78 is 25.8. The average Bonchev–Trinajstić information content (AvgIpc) is 2.01. The molecule has 72 valence electrons. The van der Waals surface area contributed by atoms with Crippen LogP contribution in [0.5, 0.6) is 0 Å². The molecular formula is C9H5F2NO2. The van der Waals surface area contributed by atoms with E-state index in [9.17, 15) is 13.6 Å². The van der Waals surface area contributed by atoms with Crippen LogP contribution in [0.1, 0.15) is 5.56 Å². The van der Waals surface area contributed by atoms with Crippen molar-refractivity contribution in [2.75, 3.05) is 0 Å². The number of hydrogen-bond donors (Lipinski definition) is 1. The van der Waals surface area contributed by atoms with Gasteiger partial charge in [0.2, 0.25) is 0 Å². The summed E-state index contributed by atoms with van der Waals surface area (Å²) in [7, 11) is 0. The van der Waals surface area contributed by atoms with Gasteiger partial charge < -0.3 is 5.11 Å². The highest BCUT2D eigenvalue weighted by Crippen LogP contribution is 2.23. The fourth-order valence-electron chi connectivity index (χ4n) is 1.00. The minimum absolute atomic E-state index is 0.0000926. The number of nitrogens with zero attached hydrogens (tertiary/aromatic N) is 1. The van der Waals surface area contributed by atoms with E-state index in [1.54, 1.807) is 0 Å². The number of aliphatic carboxylic acids is 1. The molecule has 0 heterocycles. The van der Waals surface area contributed by atoms with E-state index in [2.05, 4.69) is 4.85 Å². The predicted molar refractivity (Wildman–Crippen MR) is 44.0 cm³/mol. The predicted octanol–water partition coefficient (Wildman–Crippen LogP) is 2.14. The molecule has 0 amide bonds. The molecule has 0 unspecified atom stereocenters. The van der Waals surface area contributed by atoms with Crippen LogP contribution in [0.15, 0.2) is 12.1 Å². The first-order chi connectivity index (χ1) is 6.54. The van der Waals surface area contributed by atoms with Gasteiger partial charge in [0, 0.05) is 0 Å². The summed E-state index contributed by atoms with van der Waals surface area (Å²) in [4.78, 5) is 12.9. The third-order valence-corrected chi connectivity index (χ3v) is 1.54. The average molecular weight is 197 g/mol. The first-order valence-electron chi connectivity index (χ1n) is 3.61. The first-order valence-corrected chi connectivity index (χ1v) is 3.61. The van der Waals surface area contributed by atoms with Crippen LogP contribution in [-0.4, -0.2) is 11.1 Å². The normalized spacial score (nSPS) is 9.50. The van der Waals surface area contributed by atoms with Crippen LogP contribution >= 0.6 is 0 Å². The number of carboxylic acid groups (broad SMARTS) is 1. The molecular weight excluding hydrogens is 192 g/mol. The van der Waals surface area contributed by atoms with Crippen LogP contribution in [-0.2, 0) is 11.2 Å². The van der Waals surface area contributed by atoms with Gasteiger partial charge in [0.05, 0.1) is 13.0 Å². The van der Waals surface area contributed by atoms with Gasteiger partial charge in [0.25, 0.3) is 5.69 Å². The second kappa shape index (κ2) is 3.83. The minimum atomic E-state index is -1.18. The summed E-state index contributed by atoms with van der Waals surface area (Å²) in [6, 6.07) is 1.70. The van der Waals surface area contributed by atoms with Crippen molar-refractivity contribution < 1.29 is 18.7 Å². The van der Waals surface area contributed by atoms with Gasteiger partial charge in [0.15, 0.2) is 0 Å². The summed E-state index contributed by atoms with van der Waals surface area (Å²) in [6.07, 6.45) is -0.466. The summed E-state index contributed by atoms with van der Waals surface area (Å²) in [6.45, 7) is 6.47.